The van der Waals surface area contributed by atoms with Crippen molar-refractivity contribution < 1.29 is 18.7 Å². The number of amides is 1. The zero-order valence-electron chi connectivity index (χ0n) is 14.7. The van der Waals surface area contributed by atoms with Gasteiger partial charge in [0.2, 0.25) is 0 Å². The van der Waals surface area contributed by atoms with Gasteiger partial charge in [-0.05, 0) is 61.0 Å². The van der Waals surface area contributed by atoms with Gasteiger partial charge in [-0.15, -0.1) is 0 Å². The molecule has 3 rings (SSSR count). The number of carbonyl (C=O) groups is 2. The first-order valence-corrected chi connectivity index (χ1v) is 8.47. The van der Waals surface area contributed by atoms with Crippen LogP contribution in [-0.4, -0.2) is 28.3 Å². The number of hydrogen-bond acceptors (Lipinski definition) is 4. The average Bonchev–Trinajstić information content (AvgIpc) is 3.17. The SMILES string of the molecule is CCCOC(=O)c1ccc(NC(=O)c2ccn(-c3ccc(F)cc3)n2)cc1. The zero-order chi connectivity index (χ0) is 19.2. The van der Waals surface area contributed by atoms with Gasteiger partial charge >= 0.3 is 5.97 Å². The van der Waals surface area contributed by atoms with Crippen molar-refractivity contribution in [3.8, 4) is 5.69 Å². The number of ether oxygens (including phenoxy) is 1. The van der Waals surface area contributed by atoms with Crippen LogP contribution in [0.5, 0.6) is 0 Å². The van der Waals surface area contributed by atoms with Crippen molar-refractivity contribution in [2.24, 2.45) is 0 Å². The molecule has 0 fully saturated rings. The molecule has 1 heterocycles. The van der Waals surface area contributed by atoms with Crippen molar-refractivity contribution in [1.82, 2.24) is 9.78 Å². The molecule has 0 saturated carbocycles. The Bertz CT molecular complexity index is 934. The number of anilines is 1. The number of nitrogens with zero attached hydrogens (tertiary/aromatic N) is 2. The number of hydrogen-bond donors (Lipinski definition) is 1. The highest BCUT2D eigenvalue weighted by atomic mass is 19.1. The highest BCUT2D eigenvalue weighted by Gasteiger charge is 2.12. The Hall–Kier alpha value is -3.48. The van der Waals surface area contributed by atoms with E-state index in [4.69, 9.17) is 4.74 Å². The van der Waals surface area contributed by atoms with E-state index in [0.717, 1.165) is 6.42 Å². The lowest BCUT2D eigenvalue weighted by atomic mass is 10.2. The van der Waals surface area contributed by atoms with Crippen LogP contribution >= 0.6 is 0 Å². The third-order valence-corrected chi connectivity index (χ3v) is 3.73. The molecular weight excluding hydrogens is 349 g/mol. The monoisotopic (exact) mass is 367 g/mol. The van der Waals surface area contributed by atoms with Gasteiger partial charge in [0.1, 0.15) is 5.82 Å². The molecule has 0 spiro atoms. The van der Waals surface area contributed by atoms with Crippen LogP contribution in [0.15, 0.2) is 60.8 Å². The van der Waals surface area contributed by atoms with E-state index in [2.05, 4.69) is 10.4 Å². The lowest BCUT2D eigenvalue weighted by molar-refractivity contribution is 0.0505. The van der Waals surface area contributed by atoms with Crippen LogP contribution in [0, 0.1) is 5.82 Å². The predicted molar refractivity (Wildman–Crippen MR) is 98.5 cm³/mol. The molecule has 0 aliphatic carbocycles. The van der Waals surface area contributed by atoms with Gasteiger partial charge in [-0.1, -0.05) is 6.92 Å². The lowest BCUT2D eigenvalue weighted by Crippen LogP contribution is -2.13. The number of aromatic nitrogens is 2. The number of esters is 1. The first-order valence-electron chi connectivity index (χ1n) is 8.47. The topological polar surface area (TPSA) is 73.2 Å². The summed E-state index contributed by atoms with van der Waals surface area (Å²) in [6, 6.07) is 13.8. The summed E-state index contributed by atoms with van der Waals surface area (Å²) >= 11 is 0. The van der Waals surface area contributed by atoms with Gasteiger partial charge in [-0.25, -0.2) is 13.9 Å². The Morgan fingerprint density at radius 3 is 2.44 bits per heavy atom. The number of benzene rings is 2. The van der Waals surface area contributed by atoms with Crippen LogP contribution in [0.2, 0.25) is 0 Å². The second kappa shape index (κ2) is 8.27. The third-order valence-electron chi connectivity index (χ3n) is 3.73. The Morgan fingerprint density at radius 1 is 1.07 bits per heavy atom. The van der Waals surface area contributed by atoms with Gasteiger partial charge in [0.25, 0.3) is 5.91 Å². The van der Waals surface area contributed by atoms with Crippen LogP contribution in [0.25, 0.3) is 5.69 Å². The van der Waals surface area contributed by atoms with Gasteiger partial charge in [-0.2, -0.15) is 5.10 Å². The summed E-state index contributed by atoms with van der Waals surface area (Å²) in [6.07, 6.45) is 2.37. The van der Waals surface area contributed by atoms with E-state index in [1.54, 1.807) is 48.7 Å². The molecule has 1 N–H and O–H groups in total. The summed E-state index contributed by atoms with van der Waals surface area (Å²) < 4.78 is 19.5. The minimum atomic E-state index is -0.396. The summed E-state index contributed by atoms with van der Waals surface area (Å²) in [6.45, 7) is 2.29. The number of nitrogens with one attached hydrogen (secondary N) is 1. The summed E-state index contributed by atoms with van der Waals surface area (Å²) in [4.78, 5) is 24.1. The van der Waals surface area contributed by atoms with Crippen LogP contribution in [0.1, 0.15) is 34.2 Å². The minimum Gasteiger partial charge on any atom is -0.462 e. The third kappa shape index (κ3) is 4.58. The standard InChI is InChI=1S/C20H18FN3O3/c1-2-13-27-20(26)14-3-7-16(8-4-14)22-19(25)18-11-12-24(23-18)17-9-5-15(21)6-10-17/h3-12H,2,13H2,1H3,(H,22,25). The zero-order valence-corrected chi connectivity index (χ0v) is 14.7. The van der Waals surface area contributed by atoms with Crippen LogP contribution < -0.4 is 5.32 Å². The summed E-state index contributed by atoms with van der Waals surface area (Å²) in [5, 5.41) is 6.91. The predicted octanol–water partition coefficient (Wildman–Crippen LogP) is 3.83. The Morgan fingerprint density at radius 2 is 1.78 bits per heavy atom. The van der Waals surface area contributed by atoms with Crippen LogP contribution in [0.4, 0.5) is 10.1 Å². The van der Waals surface area contributed by atoms with Gasteiger partial charge in [0, 0.05) is 11.9 Å². The van der Waals surface area contributed by atoms with Gasteiger partial charge < -0.3 is 10.1 Å². The molecule has 0 unspecified atom stereocenters. The molecule has 138 valence electrons. The van der Waals surface area contributed by atoms with E-state index >= 15 is 0 Å². The maximum atomic E-state index is 13.0. The highest BCUT2D eigenvalue weighted by Crippen LogP contribution is 2.13. The van der Waals surface area contributed by atoms with Crippen molar-refractivity contribution in [2.75, 3.05) is 11.9 Å². The van der Waals surface area contributed by atoms with Crippen molar-refractivity contribution in [3.63, 3.8) is 0 Å². The molecule has 7 heteroatoms. The summed E-state index contributed by atoms with van der Waals surface area (Å²) in [5.41, 5.74) is 1.81. The molecule has 0 aliphatic heterocycles. The fraction of sp³-hybridized carbons (Fsp3) is 0.150. The Balaban J connectivity index is 1.65. The van der Waals surface area contributed by atoms with Gasteiger partial charge in [-0.3, -0.25) is 4.79 Å². The maximum absolute atomic E-state index is 13.0. The lowest BCUT2D eigenvalue weighted by Gasteiger charge is -2.06. The molecule has 0 aliphatic rings. The van der Waals surface area contributed by atoms with E-state index in [1.165, 1.54) is 16.8 Å². The summed E-state index contributed by atoms with van der Waals surface area (Å²) in [5.74, 6) is -1.13. The first kappa shape index (κ1) is 18.3. The average molecular weight is 367 g/mol. The van der Waals surface area contributed by atoms with E-state index in [-0.39, 0.29) is 11.5 Å². The number of rotatable bonds is 6. The molecule has 27 heavy (non-hydrogen) atoms. The molecule has 3 aromatic rings. The number of halogens is 1. The molecular formula is C20H18FN3O3. The Labute approximate surface area is 155 Å². The van der Waals surface area contributed by atoms with E-state index in [9.17, 15) is 14.0 Å². The van der Waals surface area contributed by atoms with Crippen molar-refractivity contribution >= 4 is 17.6 Å². The normalized spacial score (nSPS) is 10.4. The van der Waals surface area contributed by atoms with Crippen molar-refractivity contribution in [3.05, 3.63) is 77.9 Å². The van der Waals surface area contributed by atoms with Crippen molar-refractivity contribution in [1.29, 1.82) is 0 Å². The largest absolute Gasteiger partial charge is 0.462 e. The molecule has 0 saturated heterocycles. The molecule has 1 amide bonds. The molecule has 6 nitrogen and oxygen atoms in total. The second-order valence-corrected chi connectivity index (χ2v) is 5.79. The molecule has 0 atom stereocenters. The maximum Gasteiger partial charge on any atom is 0.338 e. The Kier molecular flexibility index (Phi) is 5.61. The fourth-order valence-corrected chi connectivity index (χ4v) is 2.35. The van der Waals surface area contributed by atoms with E-state index in [0.29, 0.717) is 23.5 Å². The van der Waals surface area contributed by atoms with Crippen LogP contribution in [-0.2, 0) is 4.74 Å². The molecule has 2 aromatic carbocycles. The number of carbonyl (C=O) groups excluding carboxylic acids is 2. The molecule has 0 radical (unpaired) electrons. The van der Waals surface area contributed by atoms with E-state index in [1.807, 2.05) is 6.92 Å². The second-order valence-electron chi connectivity index (χ2n) is 5.79. The summed E-state index contributed by atoms with van der Waals surface area (Å²) in [7, 11) is 0. The molecule has 1 aromatic heterocycles. The van der Waals surface area contributed by atoms with Gasteiger partial charge in [0.05, 0.1) is 17.9 Å². The highest BCUT2D eigenvalue weighted by molar-refractivity contribution is 6.03. The first-order chi connectivity index (χ1) is 13.1. The minimum absolute atomic E-state index is 0.214. The quantitative estimate of drug-likeness (QED) is 0.672. The van der Waals surface area contributed by atoms with E-state index < -0.39 is 11.9 Å². The van der Waals surface area contributed by atoms with Gasteiger partial charge in [0.15, 0.2) is 5.69 Å². The molecule has 0 bridgehead atoms. The smallest absolute Gasteiger partial charge is 0.338 e. The fourth-order valence-electron chi connectivity index (χ4n) is 2.35. The van der Waals surface area contributed by atoms with Crippen molar-refractivity contribution in [2.45, 2.75) is 13.3 Å². The van der Waals surface area contributed by atoms with Crippen LogP contribution in [0.3, 0.4) is 0 Å².